The fraction of sp³-hybridized carbons (Fsp3) is 0.500. The first-order chi connectivity index (χ1) is 13.1. The predicted molar refractivity (Wildman–Crippen MR) is 112 cm³/mol. The molecular formula is C18H24BrFN4O3Si. The molecule has 0 aliphatic carbocycles. The first-order valence-corrected chi connectivity index (χ1v) is 13.6. The average Bonchev–Trinajstić information content (AvgIpc) is 2.89. The molecule has 3 amide bonds. The Labute approximate surface area is 172 Å². The molecule has 0 bridgehead atoms. The van der Waals surface area contributed by atoms with Gasteiger partial charge in [0.1, 0.15) is 12.5 Å². The largest absolute Gasteiger partial charge is 0.361 e. The minimum absolute atomic E-state index is 0.0800. The van der Waals surface area contributed by atoms with Crippen LogP contribution in [0.25, 0.3) is 10.9 Å². The minimum atomic E-state index is -1.26. The highest BCUT2D eigenvalue weighted by Gasteiger charge is 2.35. The Morgan fingerprint density at radius 2 is 2.00 bits per heavy atom. The van der Waals surface area contributed by atoms with Gasteiger partial charge in [-0.1, -0.05) is 19.6 Å². The van der Waals surface area contributed by atoms with Crippen molar-refractivity contribution in [2.24, 2.45) is 7.05 Å². The molecule has 1 saturated heterocycles. The smallest absolute Gasteiger partial charge is 0.334 e. The second kappa shape index (κ2) is 7.92. The summed E-state index contributed by atoms with van der Waals surface area (Å²) in [5.41, 5.74) is 0.686. The maximum atomic E-state index is 14.1. The van der Waals surface area contributed by atoms with Crippen molar-refractivity contribution in [3.05, 3.63) is 22.4 Å². The van der Waals surface area contributed by atoms with Gasteiger partial charge < -0.3 is 4.74 Å². The second-order valence-corrected chi connectivity index (χ2v) is 14.6. The Morgan fingerprint density at radius 1 is 1.29 bits per heavy atom. The number of hydrogen-bond donors (Lipinski definition) is 0. The Hall–Kier alpha value is -1.78. The van der Waals surface area contributed by atoms with E-state index in [1.54, 1.807) is 17.8 Å². The number of aryl methyl sites for hydroxylation is 1. The second-order valence-electron chi connectivity index (χ2n) is 8.08. The van der Waals surface area contributed by atoms with E-state index in [1.165, 1.54) is 11.0 Å². The monoisotopic (exact) mass is 470 g/mol. The van der Waals surface area contributed by atoms with Crippen LogP contribution < -0.4 is 4.90 Å². The van der Waals surface area contributed by atoms with E-state index >= 15 is 0 Å². The molecule has 0 saturated carbocycles. The molecule has 0 atom stereocenters. The van der Waals surface area contributed by atoms with Crippen molar-refractivity contribution in [2.75, 3.05) is 24.8 Å². The number of carbonyl (C=O) groups excluding carboxylic acids is 2. The molecule has 0 N–H and O–H groups in total. The van der Waals surface area contributed by atoms with Gasteiger partial charge in [-0.05, 0) is 34.1 Å². The number of halogens is 2. The number of ether oxygens (including phenoxy) is 1. The summed E-state index contributed by atoms with van der Waals surface area (Å²) in [7, 11) is 0.471. The number of fused-ring (bicyclic) bond motifs is 1. The number of hydrogen-bond acceptors (Lipinski definition) is 4. The van der Waals surface area contributed by atoms with Crippen molar-refractivity contribution in [1.29, 1.82) is 0 Å². The highest BCUT2D eigenvalue weighted by Crippen LogP contribution is 2.32. The van der Waals surface area contributed by atoms with Gasteiger partial charge in [-0.2, -0.15) is 5.10 Å². The van der Waals surface area contributed by atoms with Crippen LogP contribution in [0.3, 0.4) is 0 Å². The summed E-state index contributed by atoms with van der Waals surface area (Å²) in [6.07, 6.45) is 0.167. The van der Waals surface area contributed by atoms with Crippen molar-refractivity contribution < 1.29 is 18.7 Å². The third-order valence-electron chi connectivity index (χ3n) is 4.66. The van der Waals surface area contributed by atoms with E-state index in [0.29, 0.717) is 27.8 Å². The van der Waals surface area contributed by atoms with Gasteiger partial charge >= 0.3 is 6.03 Å². The van der Waals surface area contributed by atoms with Crippen molar-refractivity contribution >= 4 is 52.7 Å². The molecule has 1 aromatic heterocycles. The average molecular weight is 471 g/mol. The molecule has 3 rings (SSSR count). The normalized spacial score (nSPS) is 15.8. The summed E-state index contributed by atoms with van der Waals surface area (Å²) in [6, 6.07) is 3.43. The lowest BCUT2D eigenvalue weighted by Crippen LogP contribution is -2.53. The molecule has 1 aromatic carbocycles. The Balaban J connectivity index is 1.81. The van der Waals surface area contributed by atoms with Gasteiger partial charge in [0.15, 0.2) is 5.82 Å². The van der Waals surface area contributed by atoms with Crippen LogP contribution in [0.5, 0.6) is 0 Å². The molecule has 1 aliphatic rings. The quantitative estimate of drug-likeness (QED) is 0.473. The van der Waals surface area contributed by atoms with Crippen molar-refractivity contribution in [2.45, 2.75) is 32.1 Å². The zero-order chi connectivity index (χ0) is 20.6. The van der Waals surface area contributed by atoms with E-state index in [9.17, 15) is 14.0 Å². The maximum absolute atomic E-state index is 14.1. The summed E-state index contributed by atoms with van der Waals surface area (Å²) < 4.78 is 21.6. The molecular weight excluding hydrogens is 447 g/mol. The van der Waals surface area contributed by atoms with E-state index in [-0.39, 0.29) is 25.6 Å². The number of carbonyl (C=O) groups is 2. The molecule has 2 heterocycles. The Morgan fingerprint density at radius 3 is 2.68 bits per heavy atom. The summed E-state index contributed by atoms with van der Waals surface area (Å²) in [5.74, 6) is -0.370. The number of amides is 3. The van der Waals surface area contributed by atoms with Crippen LogP contribution in [0.15, 0.2) is 16.6 Å². The molecule has 28 heavy (non-hydrogen) atoms. The van der Waals surface area contributed by atoms with Crippen LogP contribution >= 0.6 is 15.9 Å². The van der Waals surface area contributed by atoms with Crippen molar-refractivity contribution in [3.63, 3.8) is 0 Å². The van der Waals surface area contributed by atoms with E-state index in [4.69, 9.17) is 4.74 Å². The molecule has 1 fully saturated rings. The molecule has 10 heteroatoms. The topological polar surface area (TPSA) is 67.7 Å². The number of anilines is 1. The summed E-state index contributed by atoms with van der Waals surface area (Å²) >= 11 is 3.17. The van der Waals surface area contributed by atoms with Crippen LogP contribution in [-0.4, -0.2) is 54.6 Å². The number of nitrogens with zero attached hydrogens (tertiary/aromatic N) is 4. The highest BCUT2D eigenvalue weighted by molar-refractivity contribution is 9.10. The standard InChI is InChI=1S/C18H24BrFN4O3Si/c1-22-15-10-13(19)14(20)9-12(15)17(21-22)23-6-5-16(25)24(18(23)26)11-27-7-8-28(2,3)4/h9-10H,5-8,11H2,1-4H3. The molecule has 0 spiro atoms. The van der Waals surface area contributed by atoms with Gasteiger partial charge in [-0.15, -0.1) is 0 Å². The van der Waals surface area contributed by atoms with Crippen LogP contribution in [0.2, 0.25) is 25.7 Å². The van der Waals surface area contributed by atoms with Gasteiger partial charge in [0, 0.05) is 40.1 Å². The van der Waals surface area contributed by atoms with E-state index in [0.717, 1.165) is 10.9 Å². The van der Waals surface area contributed by atoms with Gasteiger partial charge in [-0.25, -0.2) is 14.1 Å². The Bertz CT molecular complexity index is 928. The lowest BCUT2D eigenvalue weighted by Gasteiger charge is -2.33. The summed E-state index contributed by atoms with van der Waals surface area (Å²) in [6.45, 7) is 7.34. The highest BCUT2D eigenvalue weighted by atomic mass is 79.9. The predicted octanol–water partition coefficient (Wildman–Crippen LogP) is 3.95. The third-order valence-corrected chi connectivity index (χ3v) is 6.97. The van der Waals surface area contributed by atoms with E-state index in [1.807, 2.05) is 0 Å². The number of rotatable bonds is 6. The Kier molecular flexibility index (Phi) is 5.92. The first-order valence-electron chi connectivity index (χ1n) is 9.10. The van der Waals surface area contributed by atoms with Crippen LogP contribution in [0, 0.1) is 5.82 Å². The lowest BCUT2D eigenvalue weighted by molar-refractivity contribution is -0.133. The zero-order valence-corrected chi connectivity index (χ0v) is 19.0. The van der Waals surface area contributed by atoms with Crippen molar-refractivity contribution in [3.8, 4) is 0 Å². The molecule has 2 aromatic rings. The van der Waals surface area contributed by atoms with Crippen LogP contribution in [0.1, 0.15) is 6.42 Å². The number of imide groups is 1. The van der Waals surface area contributed by atoms with E-state index in [2.05, 4.69) is 40.7 Å². The molecule has 1 aliphatic heterocycles. The molecule has 7 nitrogen and oxygen atoms in total. The van der Waals surface area contributed by atoms with E-state index < -0.39 is 19.9 Å². The van der Waals surface area contributed by atoms with Crippen molar-refractivity contribution in [1.82, 2.24) is 14.7 Å². The SMILES string of the molecule is Cn1nc(N2CCC(=O)N(COCC[Si](C)(C)C)C2=O)c2cc(F)c(Br)cc21. The first kappa shape index (κ1) is 20.9. The maximum Gasteiger partial charge on any atom is 0.334 e. The number of aromatic nitrogens is 2. The molecule has 152 valence electrons. The summed E-state index contributed by atoms with van der Waals surface area (Å²) in [4.78, 5) is 27.7. The molecule has 0 radical (unpaired) electrons. The fourth-order valence-corrected chi connectivity index (χ4v) is 4.07. The van der Waals surface area contributed by atoms with Crippen LogP contribution in [0.4, 0.5) is 15.0 Å². The fourth-order valence-electron chi connectivity index (χ4n) is 2.98. The number of benzene rings is 1. The van der Waals surface area contributed by atoms with Gasteiger partial charge in [0.25, 0.3) is 0 Å². The number of urea groups is 1. The summed E-state index contributed by atoms with van der Waals surface area (Å²) in [5, 5.41) is 4.91. The van der Waals surface area contributed by atoms with Gasteiger partial charge in [-0.3, -0.25) is 14.4 Å². The minimum Gasteiger partial charge on any atom is -0.361 e. The molecule has 0 unspecified atom stereocenters. The third kappa shape index (κ3) is 4.28. The van der Waals surface area contributed by atoms with Crippen LogP contribution in [-0.2, 0) is 16.6 Å². The zero-order valence-electron chi connectivity index (χ0n) is 16.5. The van der Waals surface area contributed by atoms with Gasteiger partial charge in [0.2, 0.25) is 5.91 Å². The van der Waals surface area contributed by atoms with Gasteiger partial charge in [0.05, 0.1) is 9.99 Å². The lowest BCUT2D eigenvalue weighted by atomic mass is 10.2.